The van der Waals surface area contributed by atoms with Gasteiger partial charge < -0.3 is 14.5 Å². The third-order valence-electron chi connectivity index (χ3n) is 5.51. The second kappa shape index (κ2) is 9.78. The molecule has 1 unspecified atom stereocenters. The van der Waals surface area contributed by atoms with Crippen LogP contribution < -0.4 is 15.4 Å². The van der Waals surface area contributed by atoms with Crippen LogP contribution in [0.1, 0.15) is 21.9 Å². The maximum Gasteiger partial charge on any atom is 0.293 e. The van der Waals surface area contributed by atoms with Crippen LogP contribution in [0.15, 0.2) is 63.9 Å². The number of amides is 1. The first-order valence-corrected chi connectivity index (χ1v) is 13.4. The largest absolute Gasteiger partial charge is 0.456 e. The van der Waals surface area contributed by atoms with Gasteiger partial charge >= 0.3 is 0 Å². The van der Waals surface area contributed by atoms with Crippen LogP contribution in [0, 0.1) is 6.92 Å². The molecule has 3 N–H and O–H groups in total. The Morgan fingerprint density at radius 1 is 1.17 bits per heavy atom. The third-order valence-corrected chi connectivity index (χ3v) is 7.84. The van der Waals surface area contributed by atoms with E-state index in [0.717, 1.165) is 23.4 Å². The number of nitrogens with one attached hydrogen (secondary N) is 3. The van der Waals surface area contributed by atoms with E-state index in [2.05, 4.69) is 20.3 Å². The quantitative estimate of drug-likeness (QED) is 0.344. The van der Waals surface area contributed by atoms with Gasteiger partial charge in [-0.1, -0.05) is 29.0 Å². The van der Waals surface area contributed by atoms with E-state index in [0.29, 0.717) is 35.1 Å². The Hall–Kier alpha value is -3.25. The summed E-state index contributed by atoms with van der Waals surface area (Å²) in [6.45, 7) is 4.14. The number of nitrogens with zero attached hydrogens (tertiary/aromatic N) is 1. The van der Waals surface area contributed by atoms with Crippen molar-refractivity contribution in [3.05, 3.63) is 71.7 Å². The second-order valence-electron chi connectivity index (χ2n) is 8.24. The number of morpholine rings is 1. The number of carbonyl (C=O) groups excluding carboxylic acids is 1. The predicted octanol–water partition coefficient (Wildman–Crippen LogP) is 3.78. The van der Waals surface area contributed by atoms with Crippen LogP contribution in [0.2, 0.25) is 0 Å². The molecular weight excluding hydrogens is 488 g/mol. The molecular formula is C24H24N4O5S2. The number of benzene rings is 2. The van der Waals surface area contributed by atoms with E-state index in [9.17, 15) is 13.2 Å². The number of aromatic nitrogens is 1. The van der Waals surface area contributed by atoms with Crippen molar-refractivity contribution < 1.29 is 22.4 Å². The van der Waals surface area contributed by atoms with Gasteiger partial charge in [-0.15, -0.1) is 0 Å². The summed E-state index contributed by atoms with van der Waals surface area (Å²) in [6, 6.07) is 15.1. The molecule has 11 heteroatoms. The van der Waals surface area contributed by atoms with Gasteiger partial charge in [0.05, 0.1) is 33.5 Å². The summed E-state index contributed by atoms with van der Waals surface area (Å²) >= 11 is 1.25. The number of hydrogen-bond donors (Lipinski definition) is 3. The number of furan rings is 1. The van der Waals surface area contributed by atoms with E-state index < -0.39 is 15.9 Å². The molecule has 1 amide bonds. The topological polar surface area (TPSA) is 123 Å². The molecule has 1 fully saturated rings. The van der Waals surface area contributed by atoms with Crippen molar-refractivity contribution in [1.29, 1.82) is 0 Å². The van der Waals surface area contributed by atoms with Crippen LogP contribution >= 0.6 is 11.3 Å². The Balaban J connectivity index is 1.26. The van der Waals surface area contributed by atoms with E-state index in [1.807, 2.05) is 6.92 Å². The van der Waals surface area contributed by atoms with Gasteiger partial charge in [0.25, 0.3) is 15.9 Å². The molecule has 0 radical (unpaired) electrons. The molecule has 2 aromatic carbocycles. The van der Waals surface area contributed by atoms with Crippen molar-refractivity contribution in [2.24, 2.45) is 0 Å². The summed E-state index contributed by atoms with van der Waals surface area (Å²) in [7, 11) is -3.72. The number of aryl methyl sites for hydroxylation is 1. The van der Waals surface area contributed by atoms with Gasteiger partial charge in [0.15, 0.2) is 10.9 Å². The number of anilines is 2. The highest BCUT2D eigenvalue weighted by molar-refractivity contribution is 7.92. The van der Waals surface area contributed by atoms with Gasteiger partial charge in [-0.25, -0.2) is 13.4 Å². The fraction of sp³-hybridized carbons (Fsp3) is 0.250. The number of carbonyl (C=O) groups is 1. The zero-order chi connectivity index (χ0) is 24.4. The Morgan fingerprint density at radius 2 is 2.00 bits per heavy atom. The highest BCUT2D eigenvalue weighted by Gasteiger charge is 2.19. The molecule has 0 saturated carbocycles. The predicted molar refractivity (Wildman–Crippen MR) is 135 cm³/mol. The summed E-state index contributed by atoms with van der Waals surface area (Å²) < 4.78 is 40.1. The number of thiazole rings is 1. The van der Waals surface area contributed by atoms with Gasteiger partial charge in [-0.05, 0) is 49.4 Å². The van der Waals surface area contributed by atoms with Crippen molar-refractivity contribution in [3.8, 4) is 0 Å². The maximum atomic E-state index is 12.7. The van der Waals surface area contributed by atoms with Gasteiger partial charge in [0, 0.05) is 19.5 Å². The van der Waals surface area contributed by atoms with Crippen LogP contribution in [0.5, 0.6) is 0 Å². The third kappa shape index (κ3) is 5.54. The summed E-state index contributed by atoms with van der Waals surface area (Å²) in [5, 5.41) is 6.41. The number of fused-ring (bicyclic) bond motifs is 1. The Kier molecular flexibility index (Phi) is 6.56. The molecule has 182 valence electrons. The fourth-order valence-electron chi connectivity index (χ4n) is 3.72. The summed E-state index contributed by atoms with van der Waals surface area (Å²) in [6.07, 6.45) is 0.607. The minimum Gasteiger partial charge on any atom is -0.456 e. The molecule has 2 aromatic heterocycles. The Bertz CT molecular complexity index is 1450. The first-order valence-electron chi connectivity index (χ1n) is 11.1. The normalized spacial score (nSPS) is 16.3. The Morgan fingerprint density at radius 3 is 2.77 bits per heavy atom. The highest BCUT2D eigenvalue weighted by atomic mass is 32.2. The molecule has 0 bridgehead atoms. The van der Waals surface area contributed by atoms with Crippen LogP contribution in [-0.4, -0.2) is 45.1 Å². The number of hydrogen-bond acceptors (Lipinski definition) is 8. The van der Waals surface area contributed by atoms with E-state index in [1.165, 1.54) is 11.3 Å². The van der Waals surface area contributed by atoms with Gasteiger partial charge in [-0.3, -0.25) is 14.8 Å². The van der Waals surface area contributed by atoms with Crippen LogP contribution in [0.4, 0.5) is 10.8 Å². The molecule has 3 heterocycles. The Labute approximate surface area is 206 Å². The van der Waals surface area contributed by atoms with Crippen molar-refractivity contribution in [1.82, 2.24) is 10.3 Å². The molecule has 1 aliphatic heterocycles. The lowest BCUT2D eigenvalue weighted by Gasteiger charge is -2.22. The molecule has 0 aliphatic carbocycles. The minimum atomic E-state index is -3.72. The molecule has 35 heavy (non-hydrogen) atoms. The molecule has 0 spiro atoms. The fourth-order valence-corrected chi connectivity index (χ4v) is 5.67. The maximum absolute atomic E-state index is 12.7. The first-order chi connectivity index (χ1) is 16.9. The smallest absolute Gasteiger partial charge is 0.293 e. The van der Waals surface area contributed by atoms with E-state index in [4.69, 9.17) is 9.15 Å². The highest BCUT2D eigenvalue weighted by Crippen LogP contribution is 2.30. The SMILES string of the molecule is Cc1ccc(S(=O)(=O)Nc2ccc3nc(NC(=O)c4ccc(CC5CNCCO5)o4)sc3c2)cc1. The molecule has 1 saturated heterocycles. The van der Waals surface area contributed by atoms with Crippen molar-refractivity contribution >= 4 is 48.3 Å². The average molecular weight is 513 g/mol. The van der Waals surface area contributed by atoms with Crippen molar-refractivity contribution in [2.45, 2.75) is 24.3 Å². The molecule has 1 aliphatic rings. The van der Waals surface area contributed by atoms with Gasteiger partial charge in [0.2, 0.25) is 0 Å². The first kappa shape index (κ1) is 23.5. The minimum absolute atomic E-state index is 0.0210. The zero-order valence-electron chi connectivity index (χ0n) is 18.9. The van der Waals surface area contributed by atoms with E-state index >= 15 is 0 Å². The van der Waals surface area contributed by atoms with Crippen LogP contribution in [0.25, 0.3) is 10.2 Å². The van der Waals surface area contributed by atoms with Crippen molar-refractivity contribution in [3.63, 3.8) is 0 Å². The number of ether oxygens (including phenoxy) is 1. The summed E-state index contributed by atoms with van der Waals surface area (Å²) in [5.74, 6) is 0.464. The zero-order valence-corrected chi connectivity index (χ0v) is 20.5. The van der Waals surface area contributed by atoms with E-state index in [-0.39, 0.29) is 16.8 Å². The molecule has 5 rings (SSSR count). The van der Waals surface area contributed by atoms with Gasteiger partial charge in [0.1, 0.15) is 5.76 Å². The summed E-state index contributed by atoms with van der Waals surface area (Å²) in [5.41, 5.74) is 2.03. The second-order valence-corrected chi connectivity index (χ2v) is 11.0. The number of sulfonamides is 1. The van der Waals surface area contributed by atoms with Crippen LogP contribution in [-0.2, 0) is 21.2 Å². The summed E-state index contributed by atoms with van der Waals surface area (Å²) in [4.78, 5) is 17.3. The molecule has 1 atom stereocenters. The average Bonchev–Trinajstić information content (AvgIpc) is 3.46. The molecule has 9 nitrogen and oxygen atoms in total. The van der Waals surface area contributed by atoms with Crippen LogP contribution in [0.3, 0.4) is 0 Å². The number of rotatable bonds is 7. The lowest BCUT2D eigenvalue weighted by molar-refractivity contribution is 0.0261. The lowest BCUT2D eigenvalue weighted by Crippen LogP contribution is -2.39. The monoisotopic (exact) mass is 512 g/mol. The van der Waals surface area contributed by atoms with E-state index in [1.54, 1.807) is 54.6 Å². The molecule has 4 aromatic rings. The van der Waals surface area contributed by atoms with Gasteiger partial charge in [-0.2, -0.15) is 0 Å². The van der Waals surface area contributed by atoms with Crippen molar-refractivity contribution in [2.75, 3.05) is 29.7 Å². The standard InChI is InChI=1S/C24H24N4O5S2/c1-15-2-6-19(7-3-15)35(30,31)28-16-4-8-20-22(12-16)34-24(26-20)27-23(29)21-9-5-17(33-21)13-18-14-25-10-11-32-18/h2-9,12,18,25,28H,10-11,13-14H2,1H3,(H,26,27,29). The lowest BCUT2D eigenvalue weighted by atomic mass is 10.2.